The zero-order chi connectivity index (χ0) is 21.1. The first-order chi connectivity index (χ1) is 14.5. The molecule has 0 radical (unpaired) electrons. The minimum atomic E-state index is -1.73. The summed E-state index contributed by atoms with van der Waals surface area (Å²) in [4.78, 5) is 16.5. The van der Waals surface area contributed by atoms with Crippen molar-refractivity contribution < 1.29 is 13.9 Å². The molecule has 0 bridgehead atoms. The van der Waals surface area contributed by atoms with E-state index in [0.29, 0.717) is 15.9 Å². The molecule has 3 heterocycles. The number of thioether (sulfide) groups is 1. The molecule has 1 unspecified atom stereocenters. The van der Waals surface area contributed by atoms with Crippen molar-refractivity contribution >= 4 is 23.3 Å². The van der Waals surface area contributed by atoms with Gasteiger partial charge >= 0.3 is 0 Å². The van der Waals surface area contributed by atoms with Crippen molar-refractivity contribution in [2.45, 2.75) is 28.7 Å². The van der Waals surface area contributed by atoms with Gasteiger partial charge in [-0.3, -0.25) is 4.98 Å². The highest BCUT2D eigenvalue weighted by Gasteiger charge is 2.40. The zero-order valence-electron chi connectivity index (χ0n) is 15.6. The molecular weight excluding hydrogens is 432 g/mol. The predicted octanol–water partition coefficient (Wildman–Crippen LogP) is 2.93. The van der Waals surface area contributed by atoms with E-state index in [1.807, 2.05) is 0 Å². The van der Waals surface area contributed by atoms with Gasteiger partial charge in [0.1, 0.15) is 35.6 Å². The van der Waals surface area contributed by atoms with E-state index in [1.54, 1.807) is 25.5 Å². The second-order valence-corrected chi connectivity index (χ2v) is 8.72. The summed E-state index contributed by atoms with van der Waals surface area (Å²) in [6.07, 6.45) is 7.38. The van der Waals surface area contributed by atoms with Crippen LogP contribution in [0.1, 0.15) is 12.5 Å². The molecule has 4 rings (SSSR count). The second kappa shape index (κ2) is 8.50. The molecule has 0 aliphatic carbocycles. The van der Waals surface area contributed by atoms with Gasteiger partial charge in [0.25, 0.3) is 0 Å². The van der Waals surface area contributed by atoms with Crippen LogP contribution in [0.5, 0.6) is 0 Å². The Bertz CT molecular complexity index is 1130. The van der Waals surface area contributed by atoms with Crippen molar-refractivity contribution in [1.82, 2.24) is 34.1 Å². The lowest BCUT2D eigenvalue weighted by Gasteiger charge is -2.33. The van der Waals surface area contributed by atoms with Crippen LogP contribution in [-0.4, -0.2) is 44.4 Å². The SMILES string of the molecule is C[C@@H](Sc1nc(-c2cnccn2)ns1)C(O)(Cn1cncn1)c1ccc(F)cc1F. The van der Waals surface area contributed by atoms with Crippen LogP contribution in [-0.2, 0) is 12.1 Å². The molecule has 1 aromatic carbocycles. The van der Waals surface area contributed by atoms with E-state index in [9.17, 15) is 13.9 Å². The molecule has 1 N–H and O–H groups in total. The third kappa shape index (κ3) is 4.20. The summed E-state index contributed by atoms with van der Waals surface area (Å²) >= 11 is 2.35. The maximum Gasteiger partial charge on any atom is 0.194 e. The fourth-order valence-electron chi connectivity index (χ4n) is 2.86. The molecule has 30 heavy (non-hydrogen) atoms. The summed E-state index contributed by atoms with van der Waals surface area (Å²) in [6, 6.07) is 3.10. The number of nitrogens with zero attached hydrogens (tertiary/aromatic N) is 7. The molecule has 0 aliphatic heterocycles. The van der Waals surface area contributed by atoms with Gasteiger partial charge in [0.15, 0.2) is 10.2 Å². The van der Waals surface area contributed by atoms with Gasteiger partial charge in [-0.15, -0.1) is 0 Å². The first kappa shape index (κ1) is 20.4. The lowest BCUT2D eigenvalue weighted by atomic mass is 9.90. The van der Waals surface area contributed by atoms with Gasteiger partial charge < -0.3 is 5.11 Å². The molecule has 0 aliphatic rings. The Morgan fingerprint density at radius 2 is 2.13 bits per heavy atom. The summed E-state index contributed by atoms with van der Waals surface area (Å²) in [5, 5.41) is 15.0. The molecule has 8 nitrogen and oxygen atoms in total. The number of aromatic nitrogens is 7. The van der Waals surface area contributed by atoms with E-state index in [0.717, 1.165) is 23.7 Å². The summed E-state index contributed by atoms with van der Waals surface area (Å²) in [5.74, 6) is -1.16. The van der Waals surface area contributed by atoms with Crippen LogP contribution in [0.4, 0.5) is 8.78 Å². The average Bonchev–Trinajstić information content (AvgIpc) is 3.40. The third-order valence-electron chi connectivity index (χ3n) is 4.42. The normalized spacial score (nSPS) is 14.4. The van der Waals surface area contributed by atoms with Gasteiger partial charge in [-0.1, -0.05) is 17.8 Å². The molecule has 4 aromatic rings. The minimum Gasteiger partial charge on any atom is -0.382 e. The van der Waals surface area contributed by atoms with Crippen molar-refractivity contribution in [1.29, 1.82) is 0 Å². The number of benzene rings is 1. The van der Waals surface area contributed by atoms with Crippen LogP contribution in [0.15, 0.2) is 53.8 Å². The molecule has 2 atom stereocenters. The highest BCUT2D eigenvalue weighted by atomic mass is 32.2. The average molecular weight is 447 g/mol. The van der Waals surface area contributed by atoms with Gasteiger partial charge in [-0.25, -0.2) is 28.4 Å². The zero-order valence-corrected chi connectivity index (χ0v) is 17.2. The van der Waals surface area contributed by atoms with E-state index in [-0.39, 0.29) is 12.1 Å². The van der Waals surface area contributed by atoms with Crippen molar-refractivity contribution in [3.8, 4) is 11.5 Å². The van der Waals surface area contributed by atoms with E-state index < -0.39 is 22.5 Å². The van der Waals surface area contributed by atoms with Crippen LogP contribution in [0.25, 0.3) is 11.5 Å². The Labute approximate surface area is 178 Å². The quantitative estimate of drug-likeness (QED) is 0.432. The first-order valence-electron chi connectivity index (χ1n) is 8.73. The van der Waals surface area contributed by atoms with Crippen molar-refractivity contribution in [3.63, 3.8) is 0 Å². The summed E-state index contributed by atoms with van der Waals surface area (Å²) < 4.78 is 34.3. The van der Waals surface area contributed by atoms with Gasteiger partial charge in [0.2, 0.25) is 0 Å². The van der Waals surface area contributed by atoms with Gasteiger partial charge in [-0.05, 0) is 24.5 Å². The maximum absolute atomic E-state index is 14.6. The number of hydrogen-bond acceptors (Lipinski definition) is 9. The summed E-state index contributed by atoms with van der Waals surface area (Å²) in [6.45, 7) is 1.65. The number of rotatable bonds is 7. The van der Waals surface area contributed by atoms with Crippen molar-refractivity contribution in [2.24, 2.45) is 0 Å². The molecule has 0 saturated carbocycles. The number of hydrogen-bond donors (Lipinski definition) is 1. The Kier molecular flexibility index (Phi) is 5.79. The van der Waals surface area contributed by atoms with E-state index in [1.165, 1.54) is 35.2 Å². The molecule has 154 valence electrons. The van der Waals surface area contributed by atoms with Crippen LogP contribution in [0, 0.1) is 11.6 Å². The maximum atomic E-state index is 14.6. The Morgan fingerprint density at radius 3 is 2.83 bits per heavy atom. The highest BCUT2D eigenvalue weighted by Crippen LogP contribution is 2.40. The summed E-state index contributed by atoms with van der Waals surface area (Å²) in [7, 11) is 0. The predicted molar refractivity (Wildman–Crippen MR) is 107 cm³/mol. The topological polar surface area (TPSA) is 102 Å². The van der Waals surface area contributed by atoms with Gasteiger partial charge in [0.05, 0.1) is 12.7 Å². The molecule has 0 fully saturated rings. The van der Waals surface area contributed by atoms with Crippen LogP contribution < -0.4 is 0 Å². The smallest absolute Gasteiger partial charge is 0.194 e. The van der Waals surface area contributed by atoms with E-state index in [2.05, 4.69) is 29.4 Å². The Hall–Kier alpha value is -2.83. The molecule has 0 amide bonds. The second-order valence-electron chi connectivity index (χ2n) is 6.38. The van der Waals surface area contributed by atoms with Crippen LogP contribution in [0.3, 0.4) is 0 Å². The Balaban J connectivity index is 1.64. The fourth-order valence-corrected chi connectivity index (χ4v) is 4.84. The third-order valence-corrected chi connectivity index (χ3v) is 6.48. The lowest BCUT2D eigenvalue weighted by Crippen LogP contribution is -2.41. The molecular formula is C18H15F2N7OS2. The van der Waals surface area contributed by atoms with Crippen LogP contribution in [0.2, 0.25) is 0 Å². The largest absolute Gasteiger partial charge is 0.382 e. The van der Waals surface area contributed by atoms with E-state index >= 15 is 0 Å². The standard InChI is InChI=1S/C18H15F2N7OS2/c1-11(29-17-25-16(26-30-17)15-7-21-4-5-23-15)18(28,8-27-10-22-9-24-27)13-3-2-12(19)6-14(13)20/h2-7,9-11,28H,8H2,1H3/t11-,18?/m1/s1. The van der Waals surface area contributed by atoms with Crippen molar-refractivity contribution in [2.75, 3.05) is 0 Å². The molecule has 3 aromatic heterocycles. The summed E-state index contributed by atoms with van der Waals surface area (Å²) in [5.41, 5.74) is -1.25. The molecule has 12 heteroatoms. The van der Waals surface area contributed by atoms with Gasteiger partial charge in [0, 0.05) is 29.3 Å². The minimum absolute atomic E-state index is 0.0435. The first-order valence-corrected chi connectivity index (χ1v) is 10.4. The lowest BCUT2D eigenvalue weighted by molar-refractivity contribution is 0.0133. The molecule has 0 saturated heterocycles. The fraction of sp³-hybridized carbons (Fsp3) is 0.222. The number of aliphatic hydroxyl groups is 1. The van der Waals surface area contributed by atoms with E-state index in [4.69, 9.17) is 0 Å². The molecule has 0 spiro atoms. The monoisotopic (exact) mass is 447 g/mol. The van der Waals surface area contributed by atoms with Gasteiger partial charge in [-0.2, -0.15) is 9.47 Å². The van der Waals surface area contributed by atoms with Crippen LogP contribution >= 0.6 is 23.3 Å². The Morgan fingerprint density at radius 1 is 1.27 bits per heavy atom. The van der Waals surface area contributed by atoms with Crippen molar-refractivity contribution in [3.05, 3.63) is 66.6 Å². The highest BCUT2D eigenvalue weighted by molar-refractivity contribution is 8.01. The number of halogens is 2.